The highest BCUT2D eigenvalue weighted by Gasteiger charge is 2.24. The van der Waals surface area contributed by atoms with Crippen molar-refractivity contribution in [1.82, 2.24) is 9.88 Å². The Bertz CT molecular complexity index is 675. The summed E-state index contributed by atoms with van der Waals surface area (Å²) >= 11 is 0. The van der Waals surface area contributed by atoms with Crippen molar-refractivity contribution in [2.45, 2.75) is 19.4 Å². The van der Waals surface area contributed by atoms with Gasteiger partial charge in [0.2, 0.25) is 0 Å². The zero-order chi connectivity index (χ0) is 16.8. The van der Waals surface area contributed by atoms with E-state index in [1.54, 1.807) is 12.4 Å². The standard InChI is InChI=1S/C19H23N3O2/c23-14-16-3-2-10-22(13-16)19(24)17-4-1-5-18(11-17)21-12-15-6-8-20-9-7-15/h1,4-9,11,16,21,23H,2-3,10,12-14H2. The summed E-state index contributed by atoms with van der Waals surface area (Å²) in [6, 6.07) is 11.5. The van der Waals surface area contributed by atoms with Gasteiger partial charge in [0.1, 0.15) is 0 Å². The van der Waals surface area contributed by atoms with E-state index in [-0.39, 0.29) is 18.4 Å². The molecule has 0 spiro atoms. The summed E-state index contributed by atoms with van der Waals surface area (Å²) in [5.74, 6) is 0.247. The lowest BCUT2D eigenvalue weighted by Crippen LogP contribution is -2.40. The number of aliphatic hydroxyl groups excluding tert-OH is 1. The van der Waals surface area contributed by atoms with Gasteiger partial charge >= 0.3 is 0 Å². The number of aromatic nitrogens is 1. The average molecular weight is 325 g/mol. The van der Waals surface area contributed by atoms with Crippen LogP contribution in [0.5, 0.6) is 0 Å². The fraction of sp³-hybridized carbons (Fsp3) is 0.368. The summed E-state index contributed by atoms with van der Waals surface area (Å²) in [4.78, 5) is 18.6. The Morgan fingerprint density at radius 2 is 2.12 bits per heavy atom. The van der Waals surface area contributed by atoms with E-state index in [9.17, 15) is 9.90 Å². The van der Waals surface area contributed by atoms with E-state index in [4.69, 9.17) is 0 Å². The summed E-state index contributed by atoms with van der Waals surface area (Å²) in [6.45, 7) is 2.25. The monoisotopic (exact) mass is 325 g/mol. The van der Waals surface area contributed by atoms with Crippen LogP contribution in [0.25, 0.3) is 0 Å². The molecule has 1 aromatic carbocycles. The minimum absolute atomic E-state index is 0.0423. The maximum Gasteiger partial charge on any atom is 0.253 e. The van der Waals surface area contributed by atoms with Crippen molar-refractivity contribution in [1.29, 1.82) is 0 Å². The van der Waals surface area contributed by atoms with Crippen molar-refractivity contribution < 1.29 is 9.90 Å². The van der Waals surface area contributed by atoms with Gasteiger partial charge < -0.3 is 15.3 Å². The van der Waals surface area contributed by atoms with Crippen molar-refractivity contribution in [2.75, 3.05) is 25.0 Å². The Hall–Kier alpha value is -2.40. The maximum absolute atomic E-state index is 12.7. The second-order valence-electron chi connectivity index (χ2n) is 6.23. The first-order valence-corrected chi connectivity index (χ1v) is 8.39. The molecule has 1 fully saturated rings. The summed E-state index contributed by atoms with van der Waals surface area (Å²) in [7, 11) is 0. The number of amides is 1. The van der Waals surface area contributed by atoms with E-state index in [1.807, 2.05) is 41.3 Å². The minimum atomic E-state index is 0.0423. The number of carbonyl (C=O) groups excluding carboxylic acids is 1. The average Bonchev–Trinajstić information content (AvgIpc) is 2.67. The predicted molar refractivity (Wildman–Crippen MR) is 93.7 cm³/mol. The number of pyridine rings is 1. The highest BCUT2D eigenvalue weighted by molar-refractivity contribution is 5.95. The first-order chi connectivity index (χ1) is 11.8. The Kier molecular flexibility index (Phi) is 5.43. The zero-order valence-corrected chi connectivity index (χ0v) is 13.7. The number of likely N-dealkylation sites (tertiary alicyclic amines) is 1. The smallest absolute Gasteiger partial charge is 0.253 e. The van der Waals surface area contributed by atoms with Gasteiger partial charge in [-0.15, -0.1) is 0 Å². The molecule has 2 N–H and O–H groups in total. The summed E-state index contributed by atoms with van der Waals surface area (Å²) in [5, 5.41) is 12.7. The van der Waals surface area contributed by atoms with Crippen LogP contribution in [-0.4, -0.2) is 40.6 Å². The summed E-state index contributed by atoms with van der Waals surface area (Å²) in [6.07, 6.45) is 5.49. The fourth-order valence-electron chi connectivity index (χ4n) is 3.05. The highest BCUT2D eigenvalue weighted by Crippen LogP contribution is 2.20. The van der Waals surface area contributed by atoms with Crippen LogP contribution in [-0.2, 0) is 6.54 Å². The second-order valence-corrected chi connectivity index (χ2v) is 6.23. The molecule has 1 saturated heterocycles. The van der Waals surface area contributed by atoms with Crippen molar-refractivity contribution in [2.24, 2.45) is 5.92 Å². The third-order valence-electron chi connectivity index (χ3n) is 4.42. The Balaban J connectivity index is 1.65. The molecule has 1 amide bonds. The Morgan fingerprint density at radius 1 is 1.29 bits per heavy atom. The predicted octanol–water partition coefficient (Wildman–Crippen LogP) is 2.54. The van der Waals surface area contributed by atoms with Crippen molar-refractivity contribution in [3.05, 3.63) is 59.9 Å². The Morgan fingerprint density at radius 3 is 2.92 bits per heavy atom. The first kappa shape index (κ1) is 16.5. The lowest BCUT2D eigenvalue weighted by atomic mass is 9.98. The molecule has 1 unspecified atom stereocenters. The van der Waals surface area contributed by atoms with E-state index in [0.717, 1.165) is 30.6 Å². The topological polar surface area (TPSA) is 65.5 Å². The molecule has 1 aromatic heterocycles. The van der Waals surface area contributed by atoms with E-state index < -0.39 is 0 Å². The van der Waals surface area contributed by atoms with Gasteiger partial charge in [0.25, 0.3) is 5.91 Å². The molecular formula is C19H23N3O2. The summed E-state index contributed by atoms with van der Waals surface area (Å²) < 4.78 is 0. The summed E-state index contributed by atoms with van der Waals surface area (Å²) in [5.41, 5.74) is 2.75. The van der Waals surface area contributed by atoms with Crippen LogP contribution in [0.2, 0.25) is 0 Å². The number of hydrogen-bond acceptors (Lipinski definition) is 4. The van der Waals surface area contributed by atoms with E-state index in [1.165, 1.54) is 0 Å². The number of piperidine rings is 1. The molecule has 24 heavy (non-hydrogen) atoms. The van der Waals surface area contributed by atoms with Gasteiger partial charge in [-0.1, -0.05) is 6.07 Å². The van der Waals surface area contributed by atoms with Gasteiger partial charge in [0.05, 0.1) is 0 Å². The minimum Gasteiger partial charge on any atom is -0.396 e. The van der Waals surface area contributed by atoms with Crippen molar-refractivity contribution in [3.63, 3.8) is 0 Å². The molecule has 1 aliphatic heterocycles. The third kappa shape index (κ3) is 4.11. The molecule has 0 bridgehead atoms. The SMILES string of the molecule is O=C(c1cccc(NCc2ccncc2)c1)N1CCCC(CO)C1. The Labute approximate surface area is 142 Å². The van der Waals surface area contributed by atoms with Crippen LogP contribution < -0.4 is 5.32 Å². The molecule has 5 nitrogen and oxygen atoms in total. The number of rotatable bonds is 5. The van der Waals surface area contributed by atoms with Crippen molar-refractivity contribution >= 4 is 11.6 Å². The molecule has 0 saturated carbocycles. The lowest BCUT2D eigenvalue weighted by Gasteiger charge is -2.32. The number of carbonyl (C=O) groups is 1. The van der Waals surface area contributed by atoms with Gasteiger partial charge in [-0.2, -0.15) is 0 Å². The lowest BCUT2D eigenvalue weighted by molar-refractivity contribution is 0.0621. The molecule has 1 aliphatic rings. The van der Waals surface area contributed by atoms with Crippen LogP contribution in [0, 0.1) is 5.92 Å². The molecule has 2 aromatic rings. The molecular weight excluding hydrogens is 302 g/mol. The van der Waals surface area contributed by atoms with Crippen LogP contribution in [0.4, 0.5) is 5.69 Å². The molecule has 126 valence electrons. The van der Waals surface area contributed by atoms with Gasteiger partial charge in [-0.25, -0.2) is 0 Å². The first-order valence-electron chi connectivity index (χ1n) is 8.39. The van der Waals surface area contributed by atoms with Gasteiger partial charge in [-0.3, -0.25) is 9.78 Å². The van der Waals surface area contributed by atoms with Crippen LogP contribution >= 0.6 is 0 Å². The molecule has 0 radical (unpaired) electrons. The molecule has 0 aliphatic carbocycles. The van der Waals surface area contributed by atoms with Crippen LogP contribution in [0.1, 0.15) is 28.8 Å². The fourth-order valence-corrected chi connectivity index (χ4v) is 3.05. The number of anilines is 1. The van der Waals surface area contributed by atoms with E-state index in [0.29, 0.717) is 18.7 Å². The molecule has 5 heteroatoms. The zero-order valence-electron chi connectivity index (χ0n) is 13.7. The van der Waals surface area contributed by atoms with Crippen LogP contribution in [0.3, 0.4) is 0 Å². The normalized spacial score (nSPS) is 17.5. The van der Waals surface area contributed by atoms with Gasteiger partial charge in [0.15, 0.2) is 0 Å². The number of hydrogen-bond donors (Lipinski definition) is 2. The van der Waals surface area contributed by atoms with E-state index in [2.05, 4.69) is 10.3 Å². The number of aliphatic hydroxyl groups is 1. The second kappa shape index (κ2) is 7.93. The largest absolute Gasteiger partial charge is 0.396 e. The maximum atomic E-state index is 12.7. The van der Waals surface area contributed by atoms with Gasteiger partial charge in [-0.05, 0) is 54.7 Å². The molecule has 3 rings (SSSR count). The van der Waals surface area contributed by atoms with Crippen molar-refractivity contribution in [3.8, 4) is 0 Å². The molecule has 2 heterocycles. The number of benzene rings is 1. The number of nitrogens with one attached hydrogen (secondary N) is 1. The number of nitrogens with zero attached hydrogens (tertiary/aromatic N) is 2. The van der Waals surface area contributed by atoms with E-state index >= 15 is 0 Å². The van der Waals surface area contributed by atoms with Gasteiger partial charge in [0, 0.05) is 49.9 Å². The highest BCUT2D eigenvalue weighted by atomic mass is 16.3. The van der Waals surface area contributed by atoms with Crippen LogP contribution in [0.15, 0.2) is 48.8 Å². The third-order valence-corrected chi connectivity index (χ3v) is 4.42. The molecule has 1 atom stereocenters. The quantitative estimate of drug-likeness (QED) is 0.887.